The lowest BCUT2D eigenvalue weighted by Crippen LogP contribution is -2.62. The summed E-state index contributed by atoms with van der Waals surface area (Å²) in [5.41, 5.74) is -2.18. The van der Waals surface area contributed by atoms with E-state index in [4.69, 9.17) is 14.2 Å². The number of Topliss-reactive ketones (excluding diaryl/α,β-unsaturated/α-hetero) is 2. The van der Waals surface area contributed by atoms with Gasteiger partial charge in [-0.2, -0.15) is 0 Å². The third-order valence-corrected chi connectivity index (χ3v) is 13.4. The van der Waals surface area contributed by atoms with Crippen LogP contribution in [-0.2, 0) is 28.6 Å². The molecule has 56 heavy (non-hydrogen) atoms. The summed E-state index contributed by atoms with van der Waals surface area (Å²) in [6.45, 7) is 19.1. The molecule has 2 saturated heterocycles. The van der Waals surface area contributed by atoms with Crippen molar-refractivity contribution in [1.82, 2.24) is 0 Å². The summed E-state index contributed by atoms with van der Waals surface area (Å²) in [5.74, 6) is -7.28. The van der Waals surface area contributed by atoms with E-state index >= 15 is 0 Å². The summed E-state index contributed by atoms with van der Waals surface area (Å²) in [6.07, 6.45) is 9.62. The number of carbonyl (C=O) groups excluding carboxylic acids is 3. The second-order valence-electron chi connectivity index (χ2n) is 18.0. The zero-order valence-corrected chi connectivity index (χ0v) is 35.8. The predicted octanol–water partition coefficient (Wildman–Crippen LogP) is 5.88. The van der Waals surface area contributed by atoms with Gasteiger partial charge in [-0.25, -0.2) is 4.79 Å². The van der Waals surface area contributed by atoms with Crippen molar-refractivity contribution in [2.75, 3.05) is 0 Å². The van der Waals surface area contributed by atoms with Crippen LogP contribution in [0.5, 0.6) is 0 Å². The van der Waals surface area contributed by atoms with Gasteiger partial charge in [0.05, 0.1) is 36.6 Å². The van der Waals surface area contributed by atoms with Gasteiger partial charge in [-0.3, -0.25) is 9.59 Å². The molecule has 3 rings (SSSR count). The molecule has 3 aliphatic heterocycles. The van der Waals surface area contributed by atoms with Crippen molar-refractivity contribution in [3.8, 4) is 0 Å². The molecule has 2 bridgehead atoms. The molecule has 11 nitrogen and oxygen atoms in total. The Kier molecular flexibility index (Phi) is 17.7. The molecule has 0 radical (unpaired) electrons. The number of aliphatic hydroxyl groups excluding tert-OH is 4. The SMILES string of the molecule is CC[C@H]1/C=C/C=C\C[C@@H](C)[C@H](O)[C@@](C)(O)C(=O)[C@@H](C)[C@H](O)[C@@H](C)C(=O)[C@@H](C)[C@H](O)[C@@H](C)/C=C/C(=O)O[C@@H]2[C@@H](C)[C@H](CC1)O[C@]1(CC[C@H](C)[C@H](C[C@@H](C)O)O1)[C@H]2C. The molecule has 320 valence electrons. The molecule has 0 aliphatic carbocycles. The smallest absolute Gasteiger partial charge is 0.330 e. The lowest BCUT2D eigenvalue weighted by molar-refractivity contribution is -0.371. The van der Waals surface area contributed by atoms with Gasteiger partial charge in [0.1, 0.15) is 17.5 Å². The summed E-state index contributed by atoms with van der Waals surface area (Å²) < 4.78 is 20.0. The van der Waals surface area contributed by atoms with Crippen molar-refractivity contribution in [1.29, 1.82) is 0 Å². The van der Waals surface area contributed by atoms with Gasteiger partial charge in [0, 0.05) is 48.0 Å². The maximum absolute atomic E-state index is 13.5. The minimum absolute atomic E-state index is 0.168. The second kappa shape index (κ2) is 20.6. The average Bonchev–Trinajstić information content (AvgIpc) is 3.16. The lowest BCUT2D eigenvalue weighted by Gasteiger charge is -2.55. The van der Waals surface area contributed by atoms with E-state index in [2.05, 4.69) is 19.9 Å². The van der Waals surface area contributed by atoms with E-state index in [1.807, 2.05) is 32.1 Å². The molecule has 3 aliphatic rings. The third kappa shape index (κ3) is 11.5. The fraction of sp³-hybridized carbons (Fsp3) is 0.800. The van der Waals surface area contributed by atoms with Gasteiger partial charge in [0.15, 0.2) is 11.6 Å². The highest BCUT2D eigenvalue weighted by molar-refractivity contribution is 5.91. The molecule has 11 heteroatoms. The van der Waals surface area contributed by atoms with Crippen molar-refractivity contribution >= 4 is 17.5 Å². The van der Waals surface area contributed by atoms with Crippen LogP contribution in [0.1, 0.15) is 121 Å². The average molecular weight is 791 g/mol. The van der Waals surface area contributed by atoms with Crippen molar-refractivity contribution in [3.63, 3.8) is 0 Å². The first kappa shape index (κ1) is 48.1. The normalized spacial score (nSPS) is 46.8. The number of ether oxygens (including phenoxy) is 3. The minimum Gasteiger partial charge on any atom is -0.458 e. The van der Waals surface area contributed by atoms with Gasteiger partial charge in [0.2, 0.25) is 0 Å². The van der Waals surface area contributed by atoms with Gasteiger partial charge in [-0.05, 0) is 70.1 Å². The number of carbonyl (C=O) groups is 3. The molecule has 2 fully saturated rings. The Morgan fingerprint density at radius 2 is 1.48 bits per heavy atom. The van der Waals surface area contributed by atoms with Gasteiger partial charge < -0.3 is 39.7 Å². The zero-order valence-electron chi connectivity index (χ0n) is 35.8. The Balaban J connectivity index is 1.99. The van der Waals surface area contributed by atoms with Crippen molar-refractivity contribution in [2.45, 2.75) is 175 Å². The number of hydrogen-bond acceptors (Lipinski definition) is 11. The Morgan fingerprint density at radius 3 is 2.11 bits per heavy atom. The van der Waals surface area contributed by atoms with Crippen LogP contribution in [0.3, 0.4) is 0 Å². The van der Waals surface area contributed by atoms with Gasteiger partial charge in [-0.1, -0.05) is 92.7 Å². The fourth-order valence-electron chi connectivity index (χ4n) is 9.01. The van der Waals surface area contributed by atoms with Gasteiger partial charge >= 0.3 is 5.97 Å². The largest absolute Gasteiger partial charge is 0.458 e. The van der Waals surface area contributed by atoms with Crippen LogP contribution < -0.4 is 0 Å². The highest BCUT2D eigenvalue weighted by atomic mass is 16.7. The first-order valence-electron chi connectivity index (χ1n) is 21.2. The topological polar surface area (TPSA) is 180 Å². The van der Waals surface area contributed by atoms with Crippen LogP contribution in [-0.4, -0.2) is 97.2 Å². The van der Waals surface area contributed by atoms with Crippen LogP contribution in [0.4, 0.5) is 0 Å². The number of aliphatic hydroxyl groups is 5. The van der Waals surface area contributed by atoms with Gasteiger partial charge in [-0.15, -0.1) is 0 Å². The molecule has 0 saturated carbocycles. The highest BCUT2D eigenvalue weighted by Gasteiger charge is 2.56. The minimum atomic E-state index is -2.18. The summed E-state index contributed by atoms with van der Waals surface area (Å²) in [5, 5.41) is 55.0. The van der Waals surface area contributed by atoms with E-state index in [0.29, 0.717) is 25.7 Å². The molecule has 3 heterocycles. The molecule has 0 unspecified atom stereocenters. The quantitative estimate of drug-likeness (QED) is 0.216. The number of rotatable bonds is 3. The van der Waals surface area contributed by atoms with E-state index in [1.165, 1.54) is 39.8 Å². The Morgan fingerprint density at radius 1 is 0.839 bits per heavy atom. The first-order chi connectivity index (χ1) is 26.1. The molecular formula is C45H74O11. The van der Waals surface area contributed by atoms with Crippen LogP contribution in [0.25, 0.3) is 0 Å². The number of allylic oxidation sites excluding steroid dienone is 4. The predicted molar refractivity (Wildman–Crippen MR) is 215 cm³/mol. The monoisotopic (exact) mass is 791 g/mol. The van der Waals surface area contributed by atoms with E-state index < -0.39 is 89.0 Å². The number of hydrogen-bond donors (Lipinski definition) is 5. The van der Waals surface area contributed by atoms with E-state index in [-0.39, 0.29) is 35.9 Å². The maximum Gasteiger partial charge on any atom is 0.330 e. The Labute approximate surface area is 336 Å². The Bertz CT molecular complexity index is 1390. The van der Waals surface area contributed by atoms with Gasteiger partial charge in [0.25, 0.3) is 0 Å². The third-order valence-electron chi connectivity index (χ3n) is 13.4. The number of fused-ring (bicyclic) bond motifs is 2. The van der Waals surface area contributed by atoms with Crippen molar-refractivity contribution in [2.24, 2.45) is 53.3 Å². The first-order valence-corrected chi connectivity index (χ1v) is 21.2. The molecule has 0 aromatic carbocycles. The number of ketones is 2. The lowest BCUT2D eigenvalue weighted by atomic mass is 9.74. The van der Waals surface area contributed by atoms with Crippen molar-refractivity contribution < 1.29 is 54.1 Å². The fourth-order valence-corrected chi connectivity index (χ4v) is 9.01. The standard InChI is InChI=1S/C45H74O11/c1-12-34-17-15-13-14-16-27(4)42(51)44(11,53)43(52)32(9)40(50)31(8)39(49)30(7)38(48)26(3)18-21-37(47)54-41-29(6)35(20-19-34)55-45(33(41)10)23-22-25(2)36(56-45)24-28(5)46/h13-15,17-18,21,25-36,38,40-42,46,48,50-51,53H,12,16,19-20,22-24H2,1-11H3/b14-13-,17-15+,21-18+/t25-,26-,27+,28+,29-,30-,31-,32-,33-,34-,35-,36-,38+,40+,41+,42-,44+,45-/m0/s1. The summed E-state index contributed by atoms with van der Waals surface area (Å²) in [4.78, 5) is 40.5. The summed E-state index contributed by atoms with van der Waals surface area (Å²) >= 11 is 0. The van der Waals surface area contributed by atoms with Crippen LogP contribution >= 0.6 is 0 Å². The van der Waals surface area contributed by atoms with Crippen molar-refractivity contribution in [3.05, 3.63) is 36.5 Å². The van der Waals surface area contributed by atoms with Crippen LogP contribution in [0.15, 0.2) is 36.5 Å². The van der Waals surface area contributed by atoms with E-state index in [0.717, 1.165) is 19.3 Å². The molecular weight excluding hydrogens is 716 g/mol. The van der Waals surface area contributed by atoms with Crippen LogP contribution in [0.2, 0.25) is 0 Å². The van der Waals surface area contributed by atoms with E-state index in [9.17, 15) is 39.9 Å². The molecule has 0 aromatic rings. The molecule has 1 spiro atoms. The zero-order chi connectivity index (χ0) is 42.3. The summed E-state index contributed by atoms with van der Waals surface area (Å²) in [7, 11) is 0. The van der Waals surface area contributed by atoms with Crippen LogP contribution in [0, 0.1) is 53.3 Å². The summed E-state index contributed by atoms with van der Waals surface area (Å²) in [6, 6.07) is 0. The molecule has 0 amide bonds. The number of esters is 1. The Hall–Kier alpha value is -2.25. The van der Waals surface area contributed by atoms with E-state index in [1.54, 1.807) is 20.8 Å². The molecule has 0 aromatic heterocycles. The second-order valence-corrected chi connectivity index (χ2v) is 18.0. The highest BCUT2D eigenvalue weighted by Crippen LogP contribution is 2.49. The maximum atomic E-state index is 13.5. The molecule has 5 N–H and O–H groups in total. The molecule has 18 atom stereocenters.